The summed E-state index contributed by atoms with van der Waals surface area (Å²) in [6, 6.07) is 0. The van der Waals surface area contributed by atoms with Gasteiger partial charge in [0, 0.05) is 12.0 Å². The van der Waals surface area contributed by atoms with Crippen LogP contribution >= 0.6 is 23.1 Å². The van der Waals surface area contributed by atoms with Crippen LogP contribution in [0, 0.1) is 0 Å². The Labute approximate surface area is 121 Å². The molecule has 0 amide bonds. The molecule has 2 heterocycles. The predicted octanol–water partition coefficient (Wildman–Crippen LogP) is 2.79. The monoisotopic (exact) mass is 300 g/mol. The molecule has 19 heavy (non-hydrogen) atoms. The molecule has 0 saturated heterocycles. The first kappa shape index (κ1) is 14.4. The summed E-state index contributed by atoms with van der Waals surface area (Å²) < 4.78 is 5.66. The van der Waals surface area contributed by atoms with Crippen molar-refractivity contribution in [2.75, 3.05) is 0 Å². The van der Waals surface area contributed by atoms with Crippen LogP contribution in [0.5, 0.6) is 0 Å². The molecule has 104 valence electrons. The molecule has 0 fully saturated rings. The largest absolute Gasteiger partial charge is 0.381 e. The molecule has 0 aliphatic rings. The highest BCUT2D eigenvalue weighted by Gasteiger charge is 2.29. The predicted molar refractivity (Wildman–Crippen MR) is 75.6 cm³/mol. The van der Waals surface area contributed by atoms with E-state index in [-0.39, 0.29) is 5.41 Å². The molecular weight excluding hydrogens is 284 g/mol. The molecule has 0 bridgehead atoms. The van der Waals surface area contributed by atoms with Crippen LogP contribution in [0.15, 0.2) is 6.20 Å². The highest BCUT2D eigenvalue weighted by atomic mass is 35.5. The topological polar surface area (TPSA) is 63.8 Å². The zero-order chi connectivity index (χ0) is 14.2. The zero-order valence-electron chi connectivity index (χ0n) is 11.4. The number of hydrogen-bond donors (Lipinski definition) is 1. The van der Waals surface area contributed by atoms with Crippen molar-refractivity contribution in [3.05, 3.63) is 27.5 Å². The first-order valence-corrected chi connectivity index (χ1v) is 7.23. The van der Waals surface area contributed by atoms with Gasteiger partial charge in [0.15, 0.2) is 0 Å². The fourth-order valence-corrected chi connectivity index (χ4v) is 3.02. The first-order chi connectivity index (χ1) is 8.86. The highest BCUT2D eigenvalue weighted by Crippen LogP contribution is 2.35. The van der Waals surface area contributed by atoms with E-state index in [0.29, 0.717) is 17.3 Å². The molecule has 0 radical (unpaired) electrons. The first-order valence-electron chi connectivity index (χ1n) is 6.08. The fraction of sp³-hybridized carbons (Fsp3) is 0.583. The quantitative estimate of drug-likeness (QED) is 0.946. The number of halogens is 1. The third-order valence-corrected chi connectivity index (χ3v) is 3.93. The molecule has 0 spiro atoms. The van der Waals surface area contributed by atoms with Crippen LogP contribution in [-0.2, 0) is 12.0 Å². The minimum atomic E-state index is -0.843. The second-order valence-electron chi connectivity index (χ2n) is 5.33. The van der Waals surface area contributed by atoms with E-state index < -0.39 is 6.10 Å². The van der Waals surface area contributed by atoms with E-state index in [1.165, 1.54) is 11.5 Å². The molecule has 5 nitrogen and oxygen atoms in total. The van der Waals surface area contributed by atoms with Gasteiger partial charge in [-0.25, -0.2) is 0 Å². The van der Waals surface area contributed by atoms with Crippen LogP contribution in [-0.4, -0.2) is 24.5 Å². The van der Waals surface area contributed by atoms with Gasteiger partial charge in [-0.2, -0.15) is 5.10 Å². The lowest BCUT2D eigenvalue weighted by molar-refractivity contribution is 0.209. The molecule has 0 aliphatic heterocycles. The van der Waals surface area contributed by atoms with Gasteiger partial charge in [0.1, 0.15) is 6.10 Å². The summed E-state index contributed by atoms with van der Waals surface area (Å²) in [6.07, 6.45) is 0.707. The van der Waals surface area contributed by atoms with Gasteiger partial charge in [-0.1, -0.05) is 36.9 Å². The van der Waals surface area contributed by atoms with Crippen LogP contribution < -0.4 is 0 Å². The Morgan fingerprint density at radius 3 is 2.74 bits per heavy atom. The van der Waals surface area contributed by atoms with Crippen molar-refractivity contribution in [2.24, 2.45) is 0 Å². The molecule has 2 aromatic rings. The van der Waals surface area contributed by atoms with E-state index in [1.54, 1.807) is 10.9 Å². The Morgan fingerprint density at radius 2 is 2.16 bits per heavy atom. The summed E-state index contributed by atoms with van der Waals surface area (Å²) in [5.74, 6) is 0. The van der Waals surface area contributed by atoms with Crippen molar-refractivity contribution in [2.45, 2.75) is 45.8 Å². The molecular formula is C12H17ClN4OS. The van der Waals surface area contributed by atoms with Gasteiger partial charge in [0.2, 0.25) is 0 Å². The van der Waals surface area contributed by atoms with Crippen molar-refractivity contribution < 1.29 is 5.11 Å². The lowest BCUT2D eigenvalue weighted by Crippen LogP contribution is -2.17. The van der Waals surface area contributed by atoms with Gasteiger partial charge in [-0.05, 0) is 18.5 Å². The van der Waals surface area contributed by atoms with Gasteiger partial charge in [-0.3, -0.25) is 4.68 Å². The molecule has 0 aromatic carbocycles. The Hall–Kier alpha value is -0.980. The maximum atomic E-state index is 10.6. The van der Waals surface area contributed by atoms with Crippen LogP contribution in [0.2, 0.25) is 5.02 Å². The Kier molecular flexibility index (Phi) is 3.94. The molecule has 1 atom stereocenters. The summed E-state index contributed by atoms with van der Waals surface area (Å²) in [6.45, 7) is 8.72. The van der Waals surface area contributed by atoms with Crippen LogP contribution in [0.25, 0.3) is 0 Å². The van der Waals surface area contributed by atoms with E-state index in [1.807, 2.05) is 27.7 Å². The number of hydrogen-bond acceptors (Lipinski definition) is 5. The van der Waals surface area contributed by atoms with Crippen molar-refractivity contribution >= 4 is 23.1 Å². The molecule has 2 aromatic heterocycles. The van der Waals surface area contributed by atoms with Crippen LogP contribution in [0.3, 0.4) is 0 Å². The van der Waals surface area contributed by atoms with Crippen molar-refractivity contribution in [3.8, 4) is 0 Å². The number of aliphatic hydroxyl groups excluding tert-OH is 1. The summed E-state index contributed by atoms with van der Waals surface area (Å²) in [5, 5.41) is 19.3. The standard InChI is InChI=1S/C12H17ClN4OS/c1-5-17-8(7(13)6-14-17)9(18)10-11(12(2,3)4)15-16-19-10/h6,9,18H,5H2,1-4H3. The second kappa shape index (κ2) is 5.19. The van der Waals surface area contributed by atoms with E-state index in [9.17, 15) is 5.11 Å². The fourth-order valence-electron chi connectivity index (χ4n) is 1.92. The number of nitrogens with zero attached hydrogens (tertiary/aromatic N) is 4. The summed E-state index contributed by atoms with van der Waals surface area (Å²) in [4.78, 5) is 0.726. The average molecular weight is 301 g/mol. The number of aryl methyl sites for hydroxylation is 1. The smallest absolute Gasteiger partial charge is 0.135 e. The SMILES string of the molecule is CCn1ncc(Cl)c1C(O)c1snnc1C(C)(C)C. The molecule has 1 unspecified atom stereocenters. The van der Waals surface area contributed by atoms with Crippen molar-refractivity contribution in [3.63, 3.8) is 0 Å². The minimum absolute atomic E-state index is 0.174. The zero-order valence-corrected chi connectivity index (χ0v) is 13.0. The van der Waals surface area contributed by atoms with Gasteiger partial charge in [0.05, 0.1) is 27.5 Å². The van der Waals surface area contributed by atoms with Gasteiger partial charge < -0.3 is 5.11 Å². The van der Waals surface area contributed by atoms with E-state index in [4.69, 9.17) is 11.6 Å². The molecule has 0 saturated carbocycles. The Balaban J connectivity index is 2.48. The third-order valence-electron chi connectivity index (χ3n) is 2.86. The number of rotatable bonds is 3. The van der Waals surface area contributed by atoms with E-state index in [0.717, 1.165) is 10.6 Å². The van der Waals surface area contributed by atoms with E-state index in [2.05, 4.69) is 14.7 Å². The normalized spacial score (nSPS) is 13.8. The molecule has 1 N–H and O–H groups in total. The highest BCUT2D eigenvalue weighted by molar-refractivity contribution is 7.05. The summed E-state index contributed by atoms with van der Waals surface area (Å²) in [7, 11) is 0. The van der Waals surface area contributed by atoms with E-state index >= 15 is 0 Å². The Bertz CT molecular complexity index is 573. The van der Waals surface area contributed by atoms with Crippen LogP contribution in [0.1, 0.15) is 50.1 Å². The van der Waals surface area contributed by atoms with Crippen molar-refractivity contribution in [1.29, 1.82) is 0 Å². The second-order valence-corrected chi connectivity index (χ2v) is 6.52. The lowest BCUT2D eigenvalue weighted by Gasteiger charge is -2.19. The molecule has 7 heteroatoms. The van der Waals surface area contributed by atoms with Gasteiger partial charge in [-0.15, -0.1) is 5.10 Å². The average Bonchev–Trinajstić information content (AvgIpc) is 2.93. The number of aliphatic hydroxyl groups is 1. The summed E-state index contributed by atoms with van der Waals surface area (Å²) >= 11 is 7.32. The molecule has 0 aliphatic carbocycles. The summed E-state index contributed by atoms with van der Waals surface area (Å²) in [5.41, 5.74) is 1.22. The van der Waals surface area contributed by atoms with Crippen LogP contribution in [0.4, 0.5) is 0 Å². The third kappa shape index (κ3) is 2.66. The van der Waals surface area contributed by atoms with Gasteiger partial charge in [0.25, 0.3) is 0 Å². The van der Waals surface area contributed by atoms with Crippen molar-refractivity contribution in [1.82, 2.24) is 19.4 Å². The molecule has 2 rings (SSSR count). The van der Waals surface area contributed by atoms with Gasteiger partial charge >= 0.3 is 0 Å². The Morgan fingerprint density at radius 1 is 1.47 bits per heavy atom. The lowest BCUT2D eigenvalue weighted by atomic mass is 9.90. The minimum Gasteiger partial charge on any atom is -0.381 e. The maximum Gasteiger partial charge on any atom is 0.135 e. The number of aromatic nitrogens is 4. The maximum absolute atomic E-state index is 10.6.